The van der Waals surface area contributed by atoms with Crippen molar-refractivity contribution in [2.75, 3.05) is 20.8 Å². The molecule has 1 saturated carbocycles. The maximum atomic E-state index is 12.6. The Morgan fingerprint density at radius 1 is 0.857 bits per heavy atom. The SMILES string of the molecule is COc1ccccc1CCNC(=O)C1(C(=O)NCc2ccccc2OC)CC1. The maximum Gasteiger partial charge on any atom is 0.235 e. The van der Waals surface area contributed by atoms with Crippen molar-refractivity contribution in [1.82, 2.24) is 10.6 Å². The van der Waals surface area contributed by atoms with Gasteiger partial charge < -0.3 is 20.1 Å². The standard InChI is InChI=1S/C22H26N2O4/c1-27-18-9-5-3-7-16(18)11-14-23-20(25)22(12-13-22)21(26)24-15-17-8-4-6-10-19(17)28-2/h3-10H,11-15H2,1-2H3,(H,23,25)(H,24,26). The monoisotopic (exact) mass is 382 g/mol. The first kappa shape index (κ1) is 19.7. The summed E-state index contributed by atoms with van der Waals surface area (Å²) in [5.41, 5.74) is 0.962. The van der Waals surface area contributed by atoms with E-state index in [1.165, 1.54) is 0 Å². The van der Waals surface area contributed by atoms with Crippen LogP contribution in [0.25, 0.3) is 0 Å². The Labute approximate surface area is 165 Å². The molecule has 0 radical (unpaired) electrons. The van der Waals surface area contributed by atoms with Gasteiger partial charge in [0, 0.05) is 18.7 Å². The van der Waals surface area contributed by atoms with Crippen LogP contribution >= 0.6 is 0 Å². The Balaban J connectivity index is 1.52. The summed E-state index contributed by atoms with van der Waals surface area (Å²) in [6.07, 6.45) is 1.80. The number of para-hydroxylation sites is 2. The molecule has 0 saturated heterocycles. The van der Waals surface area contributed by atoms with Gasteiger partial charge in [0.25, 0.3) is 0 Å². The smallest absolute Gasteiger partial charge is 0.235 e. The van der Waals surface area contributed by atoms with Gasteiger partial charge >= 0.3 is 0 Å². The second kappa shape index (κ2) is 8.78. The van der Waals surface area contributed by atoms with Crippen LogP contribution in [0, 0.1) is 5.41 Å². The summed E-state index contributed by atoms with van der Waals surface area (Å²) in [6.45, 7) is 0.792. The Morgan fingerprint density at radius 2 is 1.39 bits per heavy atom. The highest BCUT2D eigenvalue weighted by atomic mass is 16.5. The van der Waals surface area contributed by atoms with Gasteiger partial charge in [-0.1, -0.05) is 36.4 Å². The second-order valence-electron chi connectivity index (χ2n) is 6.89. The average Bonchev–Trinajstić information content (AvgIpc) is 3.54. The maximum absolute atomic E-state index is 12.6. The number of rotatable bonds is 9. The zero-order chi connectivity index (χ0) is 20.0. The molecule has 0 aromatic heterocycles. The van der Waals surface area contributed by atoms with Crippen molar-refractivity contribution in [2.24, 2.45) is 5.41 Å². The zero-order valence-electron chi connectivity index (χ0n) is 16.3. The van der Waals surface area contributed by atoms with E-state index >= 15 is 0 Å². The van der Waals surface area contributed by atoms with Crippen molar-refractivity contribution in [3.63, 3.8) is 0 Å². The fourth-order valence-electron chi connectivity index (χ4n) is 3.27. The van der Waals surface area contributed by atoms with Crippen molar-refractivity contribution in [2.45, 2.75) is 25.8 Å². The normalized spacial score (nSPS) is 14.1. The number of amides is 2. The number of carbonyl (C=O) groups is 2. The van der Waals surface area contributed by atoms with Crippen LogP contribution in [0.3, 0.4) is 0 Å². The summed E-state index contributed by atoms with van der Waals surface area (Å²) < 4.78 is 10.6. The van der Waals surface area contributed by atoms with E-state index in [1.807, 2.05) is 48.5 Å². The lowest BCUT2D eigenvalue weighted by atomic mass is 10.0. The average molecular weight is 382 g/mol. The summed E-state index contributed by atoms with van der Waals surface area (Å²) in [7, 11) is 3.22. The van der Waals surface area contributed by atoms with Crippen molar-refractivity contribution >= 4 is 11.8 Å². The van der Waals surface area contributed by atoms with Gasteiger partial charge in [0.1, 0.15) is 16.9 Å². The molecule has 0 spiro atoms. The molecular weight excluding hydrogens is 356 g/mol. The second-order valence-corrected chi connectivity index (χ2v) is 6.89. The lowest BCUT2D eigenvalue weighted by Crippen LogP contribution is -2.43. The summed E-state index contributed by atoms with van der Waals surface area (Å²) in [6, 6.07) is 15.2. The van der Waals surface area contributed by atoms with Crippen LogP contribution in [0.2, 0.25) is 0 Å². The molecule has 148 valence electrons. The van der Waals surface area contributed by atoms with Crippen LogP contribution < -0.4 is 20.1 Å². The van der Waals surface area contributed by atoms with E-state index in [9.17, 15) is 9.59 Å². The van der Waals surface area contributed by atoms with E-state index in [-0.39, 0.29) is 11.8 Å². The zero-order valence-corrected chi connectivity index (χ0v) is 16.3. The van der Waals surface area contributed by atoms with Crippen molar-refractivity contribution in [3.05, 3.63) is 59.7 Å². The third kappa shape index (κ3) is 4.27. The van der Waals surface area contributed by atoms with E-state index in [1.54, 1.807) is 14.2 Å². The first-order valence-corrected chi connectivity index (χ1v) is 9.41. The molecule has 0 atom stereocenters. The predicted octanol–water partition coefficient (Wildman–Crippen LogP) is 2.46. The predicted molar refractivity (Wildman–Crippen MR) is 106 cm³/mol. The lowest BCUT2D eigenvalue weighted by Gasteiger charge is -2.16. The molecule has 0 bridgehead atoms. The number of hydrogen-bond donors (Lipinski definition) is 2. The third-order valence-electron chi connectivity index (χ3n) is 5.12. The summed E-state index contributed by atoms with van der Waals surface area (Å²) in [5, 5.41) is 5.79. The van der Waals surface area contributed by atoms with Crippen LogP contribution in [0.5, 0.6) is 11.5 Å². The highest BCUT2D eigenvalue weighted by Crippen LogP contribution is 2.46. The fraction of sp³-hybridized carbons (Fsp3) is 0.364. The quantitative estimate of drug-likeness (QED) is 0.653. The van der Waals surface area contributed by atoms with E-state index in [2.05, 4.69) is 10.6 Å². The van der Waals surface area contributed by atoms with Gasteiger partial charge in [-0.15, -0.1) is 0 Å². The number of carbonyl (C=O) groups excluding carboxylic acids is 2. The van der Waals surface area contributed by atoms with Gasteiger partial charge in [0.2, 0.25) is 11.8 Å². The van der Waals surface area contributed by atoms with Crippen LogP contribution in [0.4, 0.5) is 0 Å². The minimum Gasteiger partial charge on any atom is -0.496 e. The summed E-state index contributed by atoms with van der Waals surface area (Å²) >= 11 is 0. The molecule has 28 heavy (non-hydrogen) atoms. The molecule has 6 nitrogen and oxygen atoms in total. The van der Waals surface area contributed by atoms with E-state index in [0.29, 0.717) is 38.1 Å². The van der Waals surface area contributed by atoms with Crippen LogP contribution in [0.15, 0.2) is 48.5 Å². The van der Waals surface area contributed by atoms with E-state index in [4.69, 9.17) is 9.47 Å². The van der Waals surface area contributed by atoms with Crippen LogP contribution in [-0.2, 0) is 22.6 Å². The molecule has 1 aliphatic carbocycles. The largest absolute Gasteiger partial charge is 0.496 e. The third-order valence-corrected chi connectivity index (χ3v) is 5.12. The van der Waals surface area contributed by atoms with Crippen molar-refractivity contribution < 1.29 is 19.1 Å². The van der Waals surface area contributed by atoms with E-state index < -0.39 is 5.41 Å². The molecule has 2 amide bonds. The molecular formula is C22H26N2O4. The Bertz CT molecular complexity index is 846. The lowest BCUT2D eigenvalue weighted by molar-refractivity contribution is -0.137. The minimum absolute atomic E-state index is 0.208. The highest BCUT2D eigenvalue weighted by Gasteiger charge is 2.56. The van der Waals surface area contributed by atoms with Crippen LogP contribution in [-0.4, -0.2) is 32.6 Å². The number of nitrogens with one attached hydrogen (secondary N) is 2. The molecule has 1 fully saturated rings. The van der Waals surface area contributed by atoms with Gasteiger partial charge in [-0.25, -0.2) is 0 Å². The molecule has 0 aliphatic heterocycles. The van der Waals surface area contributed by atoms with Crippen molar-refractivity contribution in [1.29, 1.82) is 0 Å². The Hall–Kier alpha value is -3.02. The number of methoxy groups -OCH3 is 2. The number of hydrogen-bond acceptors (Lipinski definition) is 4. The summed E-state index contributed by atoms with van der Waals surface area (Å²) in [5.74, 6) is 1.08. The molecule has 0 unspecified atom stereocenters. The first-order chi connectivity index (χ1) is 13.6. The highest BCUT2D eigenvalue weighted by molar-refractivity contribution is 6.07. The van der Waals surface area contributed by atoms with Gasteiger partial charge in [0.05, 0.1) is 14.2 Å². The Kier molecular flexibility index (Phi) is 6.19. The molecule has 0 heterocycles. The first-order valence-electron chi connectivity index (χ1n) is 9.41. The van der Waals surface area contributed by atoms with Gasteiger partial charge in [-0.2, -0.15) is 0 Å². The number of benzene rings is 2. The van der Waals surface area contributed by atoms with Gasteiger partial charge in [-0.05, 0) is 37.0 Å². The molecule has 1 aliphatic rings. The molecule has 6 heteroatoms. The molecule has 2 aromatic carbocycles. The van der Waals surface area contributed by atoms with E-state index in [0.717, 1.165) is 16.9 Å². The van der Waals surface area contributed by atoms with Gasteiger partial charge in [0.15, 0.2) is 0 Å². The summed E-state index contributed by atoms with van der Waals surface area (Å²) in [4.78, 5) is 25.3. The van der Waals surface area contributed by atoms with Gasteiger partial charge in [-0.3, -0.25) is 9.59 Å². The molecule has 2 aromatic rings. The number of ether oxygens (including phenoxy) is 2. The Morgan fingerprint density at radius 3 is 2.00 bits per heavy atom. The topological polar surface area (TPSA) is 76.7 Å². The minimum atomic E-state index is -0.942. The van der Waals surface area contributed by atoms with Crippen molar-refractivity contribution in [3.8, 4) is 11.5 Å². The molecule has 2 N–H and O–H groups in total. The fourth-order valence-corrected chi connectivity index (χ4v) is 3.27. The molecule has 3 rings (SSSR count). The van der Waals surface area contributed by atoms with Crippen LogP contribution in [0.1, 0.15) is 24.0 Å².